The predicted molar refractivity (Wildman–Crippen MR) is 90.8 cm³/mol. The molecule has 9 heteroatoms. The number of rotatable bonds is 4. The quantitative estimate of drug-likeness (QED) is 0.700. The number of para-hydroxylation sites is 2. The molecule has 6 atom stereocenters. The Morgan fingerprint density at radius 1 is 1.18 bits per heavy atom. The topological polar surface area (TPSA) is 123 Å². The first-order valence-electron chi connectivity index (χ1n) is 8.94. The summed E-state index contributed by atoms with van der Waals surface area (Å²) in [7, 11) is 0. The van der Waals surface area contributed by atoms with Crippen LogP contribution in [-0.4, -0.2) is 70.0 Å². The second kappa shape index (κ2) is 5.71. The molecule has 146 valence electrons. The van der Waals surface area contributed by atoms with E-state index < -0.39 is 53.5 Å². The monoisotopic (exact) mass is 387 g/mol. The van der Waals surface area contributed by atoms with Crippen LogP contribution in [0.4, 0.5) is 0 Å². The van der Waals surface area contributed by atoms with Crippen molar-refractivity contribution in [3.63, 3.8) is 0 Å². The lowest BCUT2D eigenvalue weighted by molar-refractivity contribution is -0.154. The Balaban J connectivity index is 1.45. The zero-order valence-corrected chi connectivity index (χ0v) is 14.6. The molecule has 28 heavy (non-hydrogen) atoms. The minimum Gasteiger partial charge on any atom is -0.486 e. The fourth-order valence-corrected chi connectivity index (χ4v) is 4.80. The number of carbonyl (C=O) groups is 3. The molecule has 0 radical (unpaired) electrons. The van der Waals surface area contributed by atoms with E-state index in [1.165, 1.54) is 6.08 Å². The summed E-state index contributed by atoms with van der Waals surface area (Å²) >= 11 is 0. The summed E-state index contributed by atoms with van der Waals surface area (Å²) in [6.07, 6.45) is 1.70. The van der Waals surface area contributed by atoms with Crippen LogP contribution in [0.2, 0.25) is 0 Å². The molecule has 4 aliphatic heterocycles. The molecule has 1 spiro atoms. The number of nitrogens with zero attached hydrogens (tertiary/aromatic N) is 1. The standard InChI is InChI=1S/C19H17NO8/c21-16-14-13(17(22)23)12-5-6-19(14,28-12)15(18(24)25)20(16)7-9-8-26-10-3-1-2-4-11(10)27-9/h1-6,9,12-15H,7-8H2,(H,22,23)(H,24,25). The van der Waals surface area contributed by atoms with Crippen LogP contribution >= 0.6 is 0 Å². The van der Waals surface area contributed by atoms with E-state index in [4.69, 9.17) is 14.2 Å². The van der Waals surface area contributed by atoms with Crippen molar-refractivity contribution in [3.05, 3.63) is 36.4 Å². The maximum absolute atomic E-state index is 13.1. The summed E-state index contributed by atoms with van der Waals surface area (Å²) in [6, 6.07) is 5.74. The molecule has 9 nitrogen and oxygen atoms in total. The van der Waals surface area contributed by atoms with E-state index >= 15 is 0 Å². The number of benzene rings is 1. The number of ether oxygens (including phenoxy) is 3. The number of likely N-dealkylation sites (tertiary alicyclic amines) is 1. The van der Waals surface area contributed by atoms with Crippen LogP contribution in [0.1, 0.15) is 0 Å². The second-order valence-electron chi connectivity index (χ2n) is 7.37. The number of hydrogen-bond donors (Lipinski definition) is 2. The van der Waals surface area contributed by atoms with E-state index in [2.05, 4.69) is 0 Å². The van der Waals surface area contributed by atoms with Crippen molar-refractivity contribution >= 4 is 17.8 Å². The first-order valence-corrected chi connectivity index (χ1v) is 8.94. The van der Waals surface area contributed by atoms with Gasteiger partial charge in [-0.1, -0.05) is 24.3 Å². The zero-order valence-electron chi connectivity index (χ0n) is 14.6. The van der Waals surface area contributed by atoms with Crippen molar-refractivity contribution < 1.29 is 38.8 Å². The maximum Gasteiger partial charge on any atom is 0.329 e. The van der Waals surface area contributed by atoms with Crippen LogP contribution < -0.4 is 9.47 Å². The van der Waals surface area contributed by atoms with Gasteiger partial charge in [0, 0.05) is 0 Å². The third-order valence-electron chi connectivity index (χ3n) is 5.86. The molecule has 1 aromatic rings. The largest absolute Gasteiger partial charge is 0.486 e. The molecular weight excluding hydrogens is 370 g/mol. The molecule has 0 aliphatic carbocycles. The van der Waals surface area contributed by atoms with E-state index in [1.807, 2.05) is 0 Å². The Morgan fingerprint density at radius 2 is 1.93 bits per heavy atom. The molecule has 0 saturated carbocycles. The summed E-state index contributed by atoms with van der Waals surface area (Å²) in [5.74, 6) is -4.06. The third kappa shape index (κ3) is 2.13. The van der Waals surface area contributed by atoms with Gasteiger partial charge in [-0.05, 0) is 12.1 Å². The maximum atomic E-state index is 13.1. The lowest BCUT2D eigenvalue weighted by Gasteiger charge is -2.33. The van der Waals surface area contributed by atoms with Gasteiger partial charge in [0.1, 0.15) is 18.1 Å². The SMILES string of the molecule is O=C(O)C1C2C=CC3(O2)C1C(=O)N(CC1COc2ccccc2O1)C3C(=O)O. The van der Waals surface area contributed by atoms with Crippen LogP contribution in [0.25, 0.3) is 0 Å². The molecular formula is C19H17NO8. The second-order valence-corrected chi connectivity index (χ2v) is 7.37. The minimum atomic E-state index is -1.47. The molecule has 0 aromatic heterocycles. The molecule has 4 heterocycles. The molecule has 4 aliphatic rings. The lowest BCUT2D eigenvalue weighted by atomic mass is 9.75. The van der Waals surface area contributed by atoms with Crippen LogP contribution in [-0.2, 0) is 19.1 Å². The fraction of sp³-hybridized carbons (Fsp3) is 0.421. The Kier molecular flexibility index (Phi) is 3.48. The molecule has 2 fully saturated rings. The van der Waals surface area contributed by atoms with Gasteiger partial charge in [-0.15, -0.1) is 0 Å². The van der Waals surface area contributed by atoms with Gasteiger partial charge >= 0.3 is 11.9 Å². The predicted octanol–water partition coefficient (Wildman–Crippen LogP) is 0.146. The van der Waals surface area contributed by atoms with Gasteiger partial charge in [0.25, 0.3) is 0 Å². The molecule has 2 saturated heterocycles. The Hall–Kier alpha value is -3.07. The van der Waals surface area contributed by atoms with Crippen molar-refractivity contribution in [1.82, 2.24) is 4.90 Å². The van der Waals surface area contributed by atoms with E-state index in [0.717, 1.165) is 4.90 Å². The summed E-state index contributed by atoms with van der Waals surface area (Å²) < 4.78 is 17.3. The fourth-order valence-electron chi connectivity index (χ4n) is 4.80. The van der Waals surface area contributed by atoms with Gasteiger partial charge in [-0.2, -0.15) is 0 Å². The van der Waals surface area contributed by atoms with Crippen molar-refractivity contribution in [1.29, 1.82) is 0 Å². The van der Waals surface area contributed by atoms with Gasteiger partial charge in [0.15, 0.2) is 23.6 Å². The summed E-state index contributed by atoms with van der Waals surface area (Å²) in [5, 5.41) is 19.4. The van der Waals surface area contributed by atoms with Crippen molar-refractivity contribution in [3.8, 4) is 11.5 Å². The summed E-state index contributed by atoms with van der Waals surface area (Å²) in [4.78, 5) is 38.1. The summed E-state index contributed by atoms with van der Waals surface area (Å²) in [6.45, 7) is 0.100. The average molecular weight is 387 g/mol. The van der Waals surface area contributed by atoms with E-state index in [1.54, 1.807) is 30.3 Å². The normalized spacial score (nSPS) is 37.2. The van der Waals surface area contributed by atoms with Gasteiger partial charge in [0.05, 0.1) is 18.6 Å². The molecule has 1 aromatic carbocycles. The van der Waals surface area contributed by atoms with E-state index in [-0.39, 0.29) is 13.2 Å². The number of hydrogen-bond acceptors (Lipinski definition) is 6. The minimum absolute atomic E-state index is 0.0450. The molecule has 1 amide bonds. The molecule has 6 unspecified atom stereocenters. The first-order chi connectivity index (χ1) is 13.4. The highest BCUT2D eigenvalue weighted by Gasteiger charge is 2.73. The number of fused-ring (bicyclic) bond motifs is 2. The highest BCUT2D eigenvalue weighted by Crippen LogP contribution is 2.55. The lowest BCUT2D eigenvalue weighted by Crippen LogP contribution is -2.53. The first kappa shape index (κ1) is 17.1. The van der Waals surface area contributed by atoms with Crippen molar-refractivity contribution in [2.75, 3.05) is 13.2 Å². The van der Waals surface area contributed by atoms with Gasteiger partial charge < -0.3 is 29.3 Å². The molecule has 2 N–H and O–H groups in total. The smallest absolute Gasteiger partial charge is 0.329 e. The van der Waals surface area contributed by atoms with Crippen LogP contribution in [0.5, 0.6) is 11.5 Å². The van der Waals surface area contributed by atoms with Crippen LogP contribution in [0.3, 0.4) is 0 Å². The van der Waals surface area contributed by atoms with Crippen molar-refractivity contribution in [2.45, 2.75) is 23.9 Å². The highest BCUT2D eigenvalue weighted by atomic mass is 16.6. The number of aliphatic carboxylic acids is 2. The molecule has 5 rings (SSSR count). The number of carboxylic acid groups (broad SMARTS) is 2. The van der Waals surface area contributed by atoms with Crippen LogP contribution in [0, 0.1) is 11.8 Å². The zero-order chi connectivity index (χ0) is 19.6. The molecule has 2 bridgehead atoms. The summed E-state index contributed by atoms with van der Waals surface area (Å²) in [5.41, 5.74) is -1.47. The van der Waals surface area contributed by atoms with Gasteiger partial charge in [0.2, 0.25) is 5.91 Å². The van der Waals surface area contributed by atoms with Gasteiger partial charge in [-0.3, -0.25) is 9.59 Å². The number of carbonyl (C=O) groups excluding carboxylic acids is 1. The Morgan fingerprint density at radius 3 is 2.64 bits per heavy atom. The van der Waals surface area contributed by atoms with E-state index in [9.17, 15) is 24.6 Å². The van der Waals surface area contributed by atoms with Gasteiger partial charge in [-0.25, -0.2) is 4.79 Å². The Labute approximate surface area is 159 Å². The average Bonchev–Trinajstić information content (AvgIpc) is 3.29. The number of carboxylic acids is 2. The highest BCUT2D eigenvalue weighted by molar-refractivity contribution is 5.97. The number of amides is 1. The van der Waals surface area contributed by atoms with E-state index in [0.29, 0.717) is 11.5 Å². The van der Waals surface area contributed by atoms with Crippen LogP contribution in [0.15, 0.2) is 36.4 Å². The third-order valence-corrected chi connectivity index (χ3v) is 5.86. The Bertz CT molecular complexity index is 913. The van der Waals surface area contributed by atoms with Crippen molar-refractivity contribution in [2.24, 2.45) is 11.8 Å².